The molecule has 0 radical (unpaired) electrons. The zero-order valence-corrected chi connectivity index (χ0v) is 14.8. The number of thioether (sulfide) groups is 1. The van der Waals surface area contributed by atoms with Crippen molar-refractivity contribution in [3.63, 3.8) is 0 Å². The van der Waals surface area contributed by atoms with E-state index in [1.54, 1.807) is 6.07 Å². The van der Waals surface area contributed by atoms with E-state index < -0.39 is 17.7 Å². The molecule has 0 aromatic heterocycles. The van der Waals surface area contributed by atoms with E-state index in [1.165, 1.54) is 6.07 Å². The summed E-state index contributed by atoms with van der Waals surface area (Å²) >= 11 is 4.35. The Bertz CT molecular complexity index is 793. The molecule has 0 fully saturated rings. The van der Waals surface area contributed by atoms with Crippen LogP contribution in [0.25, 0.3) is 0 Å². The van der Waals surface area contributed by atoms with Crippen LogP contribution in [0.2, 0.25) is 0 Å². The molecule has 0 spiro atoms. The molecule has 0 saturated carbocycles. The number of amides is 2. The first-order chi connectivity index (χ1) is 11.4. The van der Waals surface area contributed by atoms with Gasteiger partial charge < -0.3 is 5.11 Å². The lowest BCUT2D eigenvalue weighted by atomic mass is 9.80. The van der Waals surface area contributed by atoms with Crippen LogP contribution in [0.3, 0.4) is 0 Å². The summed E-state index contributed by atoms with van der Waals surface area (Å²) in [5.74, 6) is -2.43. The second-order valence-corrected chi connectivity index (χ2v) is 7.54. The topological polar surface area (TPSA) is 83.5 Å². The zero-order valence-electron chi connectivity index (χ0n) is 12.4. The van der Waals surface area contributed by atoms with Crippen LogP contribution in [0, 0.1) is 5.82 Å². The van der Waals surface area contributed by atoms with Gasteiger partial charge in [-0.05, 0) is 58.8 Å². The minimum atomic E-state index is -0.952. The number of hydrogen-bond donors (Lipinski definition) is 2. The van der Waals surface area contributed by atoms with Gasteiger partial charge in [0.1, 0.15) is 5.82 Å². The number of rotatable bonds is 4. The molecule has 1 atom stereocenters. The van der Waals surface area contributed by atoms with Gasteiger partial charge in [0, 0.05) is 20.5 Å². The van der Waals surface area contributed by atoms with Crippen LogP contribution in [-0.4, -0.2) is 28.6 Å². The summed E-state index contributed by atoms with van der Waals surface area (Å²) in [7, 11) is 0. The second kappa shape index (κ2) is 6.68. The van der Waals surface area contributed by atoms with Gasteiger partial charge in [0.2, 0.25) is 0 Å². The second-order valence-electron chi connectivity index (χ2n) is 5.67. The van der Waals surface area contributed by atoms with Gasteiger partial charge in [-0.15, -0.1) is 11.8 Å². The Kier molecular flexibility index (Phi) is 4.78. The molecule has 1 aromatic carbocycles. The van der Waals surface area contributed by atoms with Crippen molar-refractivity contribution in [2.75, 3.05) is 5.75 Å². The number of carboxylic acid groups (broad SMARTS) is 1. The highest BCUT2D eigenvalue weighted by Crippen LogP contribution is 2.41. The molecule has 1 aliphatic heterocycles. The van der Waals surface area contributed by atoms with Gasteiger partial charge in [-0.25, -0.2) is 4.39 Å². The molecule has 1 unspecified atom stereocenters. The molecule has 2 aliphatic rings. The summed E-state index contributed by atoms with van der Waals surface area (Å²) in [5, 5.41) is 11.1. The smallest absolute Gasteiger partial charge is 0.313 e. The number of halogens is 2. The molecule has 0 bridgehead atoms. The molecule has 5 nitrogen and oxygen atoms in total. The average molecular weight is 414 g/mol. The van der Waals surface area contributed by atoms with Crippen LogP contribution in [0.4, 0.5) is 4.39 Å². The van der Waals surface area contributed by atoms with Gasteiger partial charge in [0.25, 0.3) is 11.8 Å². The number of hydrogen-bond acceptors (Lipinski definition) is 4. The summed E-state index contributed by atoms with van der Waals surface area (Å²) in [6.45, 7) is 0. The predicted octanol–water partition coefficient (Wildman–Crippen LogP) is 2.99. The zero-order chi connectivity index (χ0) is 17.4. The number of nitrogens with one attached hydrogen (secondary N) is 1. The van der Waals surface area contributed by atoms with Crippen molar-refractivity contribution in [1.29, 1.82) is 0 Å². The highest BCUT2D eigenvalue weighted by Gasteiger charge is 2.36. The Morgan fingerprint density at radius 1 is 1.33 bits per heavy atom. The highest BCUT2D eigenvalue weighted by atomic mass is 79.9. The van der Waals surface area contributed by atoms with Crippen molar-refractivity contribution >= 4 is 45.5 Å². The van der Waals surface area contributed by atoms with Gasteiger partial charge >= 0.3 is 5.97 Å². The van der Waals surface area contributed by atoms with Crippen molar-refractivity contribution in [2.24, 2.45) is 0 Å². The number of carbonyl (C=O) groups is 3. The fourth-order valence-corrected chi connectivity index (χ4v) is 4.39. The van der Waals surface area contributed by atoms with E-state index in [9.17, 15) is 18.8 Å². The highest BCUT2D eigenvalue weighted by molar-refractivity contribution is 9.10. The summed E-state index contributed by atoms with van der Waals surface area (Å²) in [5.41, 5.74) is 1.40. The van der Waals surface area contributed by atoms with Crippen molar-refractivity contribution in [3.05, 3.63) is 39.1 Å². The fraction of sp³-hybridized carbons (Fsp3) is 0.312. The van der Waals surface area contributed by atoms with Gasteiger partial charge in [-0.2, -0.15) is 0 Å². The van der Waals surface area contributed by atoms with E-state index in [-0.39, 0.29) is 17.6 Å². The van der Waals surface area contributed by atoms with Crippen LogP contribution >= 0.6 is 27.7 Å². The molecule has 0 saturated heterocycles. The number of imide groups is 1. The first-order valence-electron chi connectivity index (χ1n) is 7.28. The molecule has 126 valence electrons. The van der Waals surface area contributed by atoms with Crippen molar-refractivity contribution < 1.29 is 23.9 Å². The summed E-state index contributed by atoms with van der Waals surface area (Å²) in [4.78, 5) is 34.8. The number of carboxylic acids is 1. The largest absolute Gasteiger partial charge is 0.481 e. The lowest BCUT2D eigenvalue weighted by Gasteiger charge is -2.23. The molecule has 1 aliphatic carbocycles. The molecule has 1 heterocycles. The number of carbonyl (C=O) groups excluding carboxylic acids is 2. The third-order valence-corrected chi connectivity index (χ3v) is 6.13. The summed E-state index contributed by atoms with van der Waals surface area (Å²) in [6.07, 6.45) is 1.32. The van der Waals surface area contributed by atoms with Crippen LogP contribution < -0.4 is 5.32 Å². The Morgan fingerprint density at radius 3 is 2.75 bits per heavy atom. The first-order valence-corrected chi connectivity index (χ1v) is 9.06. The van der Waals surface area contributed by atoms with Gasteiger partial charge in [-0.1, -0.05) is 0 Å². The quantitative estimate of drug-likeness (QED) is 0.585. The van der Waals surface area contributed by atoms with Gasteiger partial charge in [-0.3, -0.25) is 19.7 Å². The van der Waals surface area contributed by atoms with Crippen molar-refractivity contribution in [2.45, 2.75) is 30.1 Å². The molecule has 24 heavy (non-hydrogen) atoms. The van der Waals surface area contributed by atoms with Crippen LogP contribution in [0.5, 0.6) is 0 Å². The maximum Gasteiger partial charge on any atom is 0.313 e. The van der Waals surface area contributed by atoms with Crippen molar-refractivity contribution in [1.82, 2.24) is 5.32 Å². The van der Waals surface area contributed by atoms with Crippen LogP contribution in [0.15, 0.2) is 32.6 Å². The number of benzene rings is 1. The molecule has 3 rings (SSSR count). The van der Waals surface area contributed by atoms with Crippen LogP contribution in [0.1, 0.15) is 30.7 Å². The fourth-order valence-electron chi connectivity index (χ4n) is 3.05. The van der Waals surface area contributed by atoms with Crippen LogP contribution in [-0.2, 0) is 14.4 Å². The average Bonchev–Trinajstić information content (AvgIpc) is 2.80. The summed E-state index contributed by atoms with van der Waals surface area (Å²) in [6, 6.07) is 2.96. The molecular weight excluding hydrogens is 401 g/mol. The third-order valence-electron chi connectivity index (χ3n) is 4.18. The maximum absolute atomic E-state index is 14.4. The summed E-state index contributed by atoms with van der Waals surface area (Å²) < 4.78 is 14.9. The first kappa shape index (κ1) is 17.2. The van der Waals surface area contributed by atoms with E-state index in [0.717, 1.165) is 11.8 Å². The standard InChI is InChI=1S/C16H13BrFNO4S/c17-11-5-12(18)9(4-13(11)24-6-14(20)21)7-1-2-8-10(3-7)16(23)19-15(8)22/h4-5,7H,1-3,6H2,(H,20,21)(H,19,22,23). The van der Waals surface area contributed by atoms with E-state index in [4.69, 9.17) is 5.11 Å². The van der Waals surface area contributed by atoms with E-state index in [1.807, 2.05) is 0 Å². The predicted molar refractivity (Wildman–Crippen MR) is 89.2 cm³/mol. The lowest BCUT2D eigenvalue weighted by Crippen LogP contribution is -2.22. The van der Waals surface area contributed by atoms with E-state index >= 15 is 0 Å². The minimum absolute atomic E-state index is 0.124. The molecular formula is C16H13BrFNO4S. The Morgan fingerprint density at radius 2 is 2.04 bits per heavy atom. The monoisotopic (exact) mass is 413 g/mol. The molecule has 8 heteroatoms. The Hall–Kier alpha value is -1.67. The molecule has 2 N–H and O–H groups in total. The lowest BCUT2D eigenvalue weighted by molar-refractivity contribution is -0.134. The van der Waals surface area contributed by atoms with E-state index in [0.29, 0.717) is 45.3 Å². The SMILES string of the molecule is O=C(O)CSc1cc(C2CCC3=C(C2)C(=O)NC3=O)c(F)cc1Br. The van der Waals surface area contributed by atoms with E-state index in [2.05, 4.69) is 21.2 Å². The maximum atomic E-state index is 14.4. The van der Waals surface area contributed by atoms with Gasteiger partial charge in [0.15, 0.2) is 0 Å². The van der Waals surface area contributed by atoms with Gasteiger partial charge in [0.05, 0.1) is 5.75 Å². The molecule has 1 aromatic rings. The van der Waals surface area contributed by atoms with Crippen molar-refractivity contribution in [3.8, 4) is 0 Å². The minimum Gasteiger partial charge on any atom is -0.481 e. The number of aliphatic carboxylic acids is 1. The Labute approximate surface area is 149 Å². The normalized spacial score (nSPS) is 20.2. The molecule has 2 amide bonds. The Balaban J connectivity index is 1.88. The third kappa shape index (κ3) is 3.25.